The number of phenols is 1. The summed E-state index contributed by atoms with van der Waals surface area (Å²) in [6.07, 6.45) is 2.40. The SMILES string of the molecule is C[C@H](N)c1nc2cc(O)ccc2n1C1CC1. The van der Waals surface area contributed by atoms with Gasteiger partial charge in [-0.25, -0.2) is 4.98 Å². The maximum atomic E-state index is 9.44. The van der Waals surface area contributed by atoms with Crippen LogP contribution in [-0.2, 0) is 0 Å². The molecule has 1 saturated carbocycles. The Morgan fingerprint density at radius 1 is 1.50 bits per heavy atom. The number of aromatic hydroxyl groups is 1. The summed E-state index contributed by atoms with van der Waals surface area (Å²) >= 11 is 0. The van der Waals surface area contributed by atoms with Gasteiger partial charge in [0.15, 0.2) is 0 Å². The molecule has 0 aliphatic heterocycles. The average molecular weight is 217 g/mol. The van der Waals surface area contributed by atoms with Gasteiger partial charge in [0.1, 0.15) is 11.6 Å². The van der Waals surface area contributed by atoms with E-state index in [1.807, 2.05) is 13.0 Å². The number of rotatable bonds is 2. The van der Waals surface area contributed by atoms with Crippen LogP contribution in [0.4, 0.5) is 0 Å². The quantitative estimate of drug-likeness (QED) is 0.809. The van der Waals surface area contributed by atoms with E-state index in [0.29, 0.717) is 6.04 Å². The molecule has 16 heavy (non-hydrogen) atoms. The van der Waals surface area contributed by atoms with Crippen LogP contribution in [0.25, 0.3) is 11.0 Å². The van der Waals surface area contributed by atoms with Gasteiger partial charge in [0.05, 0.1) is 17.1 Å². The van der Waals surface area contributed by atoms with Crippen LogP contribution in [0.15, 0.2) is 18.2 Å². The number of nitrogens with two attached hydrogens (primary N) is 1. The van der Waals surface area contributed by atoms with E-state index in [4.69, 9.17) is 5.73 Å². The fraction of sp³-hybridized carbons (Fsp3) is 0.417. The third-order valence-electron chi connectivity index (χ3n) is 3.02. The zero-order valence-corrected chi connectivity index (χ0v) is 9.22. The van der Waals surface area contributed by atoms with Crippen LogP contribution in [0.3, 0.4) is 0 Å². The molecule has 1 aromatic heterocycles. The molecule has 0 amide bonds. The number of imidazole rings is 1. The van der Waals surface area contributed by atoms with Crippen molar-refractivity contribution >= 4 is 11.0 Å². The molecular weight excluding hydrogens is 202 g/mol. The highest BCUT2D eigenvalue weighted by Gasteiger charge is 2.29. The van der Waals surface area contributed by atoms with Gasteiger partial charge in [-0.15, -0.1) is 0 Å². The summed E-state index contributed by atoms with van der Waals surface area (Å²) in [4.78, 5) is 4.51. The Labute approximate surface area is 93.7 Å². The van der Waals surface area contributed by atoms with E-state index in [9.17, 15) is 5.11 Å². The van der Waals surface area contributed by atoms with E-state index in [2.05, 4.69) is 9.55 Å². The molecule has 0 spiro atoms. The summed E-state index contributed by atoms with van der Waals surface area (Å²) in [5.74, 6) is 1.17. The maximum Gasteiger partial charge on any atom is 0.126 e. The number of phenolic OH excluding ortho intramolecular Hbond substituents is 1. The lowest BCUT2D eigenvalue weighted by Gasteiger charge is -2.09. The average Bonchev–Trinajstić information content (AvgIpc) is 2.99. The molecule has 1 fully saturated rings. The first-order chi connectivity index (χ1) is 7.66. The van der Waals surface area contributed by atoms with E-state index in [1.54, 1.807) is 12.1 Å². The number of nitrogens with zero attached hydrogens (tertiary/aromatic N) is 2. The molecule has 1 aliphatic rings. The van der Waals surface area contributed by atoms with Crippen LogP contribution in [-0.4, -0.2) is 14.7 Å². The lowest BCUT2D eigenvalue weighted by Crippen LogP contribution is -2.12. The van der Waals surface area contributed by atoms with Gasteiger partial charge >= 0.3 is 0 Å². The Balaban J connectivity index is 2.28. The Morgan fingerprint density at radius 2 is 2.25 bits per heavy atom. The number of fused-ring (bicyclic) bond motifs is 1. The first-order valence-electron chi connectivity index (χ1n) is 5.63. The summed E-state index contributed by atoms with van der Waals surface area (Å²) in [5.41, 5.74) is 7.85. The number of benzene rings is 1. The summed E-state index contributed by atoms with van der Waals surface area (Å²) in [6, 6.07) is 5.79. The largest absolute Gasteiger partial charge is 0.508 e. The van der Waals surface area contributed by atoms with Crippen molar-refractivity contribution in [1.82, 2.24) is 9.55 Å². The summed E-state index contributed by atoms with van der Waals surface area (Å²) in [7, 11) is 0. The smallest absolute Gasteiger partial charge is 0.126 e. The fourth-order valence-corrected chi connectivity index (χ4v) is 2.14. The van der Waals surface area contributed by atoms with E-state index in [0.717, 1.165) is 16.9 Å². The van der Waals surface area contributed by atoms with Crippen LogP contribution in [0.5, 0.6) is 5.75 Å². The first-order valence-corrected chi connectivity index (χ1v) is 5.63. The minimum absolute atomic E-state index is 0.0739. The third-order valence-corrected chi connectivity index (χ3v) is 3.02. The second kappa shape index (κ2) is 3.22. The first kappa shape index (κ1) is 9.66. The molecule has 0 radical (unpaired) electrons. The molecule has 1 heterocycles. The zero-order valence-electron chi connectivity index (χ0n) is 9.22. The Morgan fingerprint density at radius 3 is 2.88 bits per heavy atom. The molecule has 0 saturated heterocycles. The minimum Gasteiger partial charge on any atom is -0.508 e. The predicted molar refractivity (Wildman–Crippen MR) is 62.3 cm³/mol. The predicted octanol–water partition coefficient (Wildman–Crippen LogP) is 2.10. The number of hydrogen-bond acceptors (Lipinski definition) is 3. The lowest BCUT2D eigenvalue weighted by atomic mass is 10.3. The van der Waals surface area contributed by atoms with Crippen molar-refractivity contribution in [2.75, 3.05) is 0 Å². The van der Waals surface area contributed by atoms with Gasteiger partial charge in [0, 0.05) is 12.1 Å². The zero-order chi connectivity index (χ0) is 11.3. The van der Waals surface area contributed by atoms with Crippen LogP contribution >= 0.6 is 0 Å². The van der Waals surface area contributed by atoms with Crippen LogP contribution < -0.4 is 5.73 Å². The highest BCUT2D eigenvalue weighted by molar-refractivity contribution is 5.78. The molecule has 84 valence electrons. The molecule has 3 rings (SSSR count). The summed E-state index contributed by atoms with van der Waals surface area (Å²) in [5, 5.41) is 9.44. The molecule has 4 nitrogen and oxygen atoms in total. The molecule has 1 atom stereocenters. The summed E-state index contributed by atoms with van der Waals surface area (Å²) < 4.78 is 2.22. The van der Waals surface area contributed by atoms with Crippen molar-refractivity contribution in [2.24, 2.45) is 5.73 Å². The number of hydrogen-bond donors (Lipinski definition) is 2. The van der Waals surface area contributed by atoms with Gasteiger partial charge in [-0.2, -0.15) is 0 Å². The Bertz CT molecular complexity index is 540. The van der Waals surface area contributed by atoms with E-state index < -0.39 is 0 Å². The van der Waals surface area contributed by atoms with E-state index in [-0.39, 0.29) is 11.8 Å². The second-order valence-corrected chi connectivity index (χ2v) is 4.53. The highest BCUT2D eigenvalue weighted by atomic mass is 16.3. The van der Waals surface area contributed by atoms with Gasteiger partial charge in [-0.3, -0.25) is 0 Å². The van der Waals surface area contributed by atoms with Crippen LogP contribution in [0, 0.1) is 0 Å². The van der Waals surface area contributed by atoms with E-state index >= 15 is 0 Å². The van der Waals surface area contributed by atoms with Crippen LogP contribution in [0.1, 0.15) is 37.7 Å². The van der Waals surface area contributed by atoms with Crippen LogP contribution in [0.2, 0.25) is 0 Å². The lowest BCUT2D eigenvalue weighted by molar-refractivity contribution is 0.476. The standard InChI is InChI=1S/C12H15N3O/c1-7(13)12-14-10-6-9(16)4-5-11(10)15(12)8-2-3-8/h4-8,16H,2-3,13H2,1H3/t7-/m0/s1. The van der Waals surface area contributed by atoms with Crippen molar-refractivity contribution in [3.05, 3.63) is 24.0 Å². The van der Waals surface area contributed by atoms with Gasteiger partial charge in [0.2, 0.25) is 0 Å². The molecule has 1 aromatic carbocycles. The maximum absolute atomic E-state index is 9.44. The molecule has 2 aromatic rings. The van der Waals surface area contributed by atoms with Crippen molar-refractivity contribution in [2.45, 2.75) is 31.8 Å². The topological polar surface area (TPSA) is 64.1 Å². The van der Waals surface area contributed by atoms with Crippen molar-refractivity contribution in [3.63, 3.8) is 0 Å². The summed E-state index contributed by atoms with van der Waals surface area (Å²) in [6.45, 7) is 1.94. The molecule has 1 aliphatic carbocycles. The van der Waals surface area contributed by atoms with Gasteiger partial charge in [-0.1, -0.05) is 0 Å². The normalized spacial score (nSPS) is 17.9. The minimum atomic E-state index is -0.0739. The second-order valence-electron chi connectivity index (χ2n) is 4.53. The monoisotopic (exact) mass is 217 g/mol. The van der Waals surface area contributed by atoms with Gasteiger partial charge in [-0.05, 0) is 31.9 Å². The fourth-order valence-electron chi connectivity index (χ4n) is 2.14. The molecule has 0 unspecified atom stereocenters. The highest BCUT2D eigenvalue weighted by Crippen LogP contribution is 2.40. The van der Waals surface area contributed by atoms with E-state index in [1.165, 1.54) is 12.8 Å². The molecule has 3 N–H and O–H groups in total. The third kappa shape index (κ3) is 1.38. The van der Waals surface area contributed by atoms with Crippen molar-refractivity contribution < 1.29 is 5.11 Å². The number of aromatic nitrogens is 2. The Hall–Kier alpha value is -1.55. The molecule has 0 bridgehead atoms. The molecule has 4 heteroatoms. The van der Waals surface area contributed by atoms with Crippen molar-refractivity contribution in [3.8, 4) is 5.75 Å². The van der Waals surface area contributed by atoms with Crippen molar-refractivity contribution in [1.29, 1.82) is 0 Å². The Kier molecular flexibility index (Phi) is 1.94. The van der Waals surface area contributed by atoms with Gasteiger partial charge in [0.25, 0.3) is 0 Å². The molecular formula is C12H15N3O. The van der Waals surface area contributed by atoms with Gasteiger partial charge < -0.3 is 15.4 Å².